The highest BCUT2D eigenvalue weighted by atomic mass is 16.1. The van der Waals surface area contributed by atoms with Crippen molar-refractivity contribution in [2.24, 2.45) is 0 Å². The molecule has 1 aromatic rings. The molecule has 0 aliphatic rings. The molecular formula is C10H14N2O2. The van der Waals surface area contributed by atoms with Gasteiger partial charge in [0.2, 0.25) is 0 Å². The van der Waals surface area contributed by atoms with Gasteiger partial charge in [-0.05, 0) is 26.3 Å². The van der Waals surface area contributed by atoms with E-state index < -0.39 is 0 Å². The van der Waals surface area contributed by atoms with Gasteiger partial charge in [-0.25, -0.2) is 0 Å². The molecule has 0 bridgehead atoms. The zero-order chi connectivity index (χ0) is 10.7. The lowest BCUT2D eigenvalue weighted by atomic mass is 10.1. The fraction of sp³-hybridized carbons (Fsp3) is 0.400. The number of hydrogen-bond acceptors (Lipinski definition) is 2. The van der Waals surface area contributed by atoms with Gasteiger partial charge in [0.05, 0.1) is 11.3 Å². The first-order chi connectivity index (χ1) is 6.61. The van der Waals surface area contributed by atoms with Crippen LogP contribution in [-0.2, 0) is 0 Å². The summed E-state index contributed by atoms with van der Waals surface area (Å²) in [6.07, 6.45) is 0.727. The third-order valence-electron chi connectivity index (χ3n) is 2.16. The van der Waals surface area contributed by atoms with Gasteiger partial charge in [0.25, 0.3) is 5.91 Å². The predicted octanol–water partition coefficient (Wildman–Crippen LogP) is 1.19. The van der Waals surface area contributed by atoms with Crippen molar-refractivity contribution in [2.45, 2.75) is 20.8 Å². The average molecular weight is 194 g/mol. The van der Waals surface area contributed by atoms with Crippen LogP contribution in [-0.4, -0.2) is 23.7 Å². The molecule has 0 aliphatic carbocycles. The lowest BCUT2D eigenvalue weighted by molar-refractivity contribution is 0.0954. The van der Waals surface area contributed by atoms with Crippen molar-refractivity contribution in [3.05, 3.63) is 22.5 Å². The van der Waals surface area contributed by atoms with E-state index in [0.29, 0.717) is 23.4 Å². The molecule has 0 atom stereocenters. The Labute approximate surface area is 82.7 Å². The van der Waals surface area contributed by atoms with Gasteiger partial charge in [0.15, 0.2) is 6.29 Å². The molecule has 0 fully saturated rings. The van der Waals surface area contributed by atoms with Crippen molar-refractivity contribution in [1.29, 1.82) is 0 Å². The number of carbonyl (C=O) groups excluding carboxylic acids is 2. The number of aldehydes is 1. The minimum Gasteiger partial charge on any atom is -0.356 e. The molecule has 2 N–H and O–H groups in total. The number of H-pyrrole nitrogens is 1. The van der Waals surface area contributed by atoms with E-state index in [2.05, 4.69) is 10.3 Å². The van der Waals surface area contributed by atoms with Gasteiger partial charge in [-0.2, -0.15) is 0 Å². The summed E-state index contributed by atoms with van der Waals surface area (Å²) in [5.41, 5.74) is 2.50. The molecule has 0 spiro atoms. The van der Waals surface area contributed by atoms with E-state index in [1.54, 1.807) is 13.8 Å². The molecule has 4 heteroatoms. The maximum atomic E-state index is 11.6. The second kappa shape index (κ2) is 4.09. The van der Waals surface area contributed by atoms with Crippen LogP contribution < -0.4 is 5.32 Å². The Hall–Kier alpha value is -1.58. The van der Waals surface area contributed by atoms with Crippen molar-refractivity contribution in [3.8, 4) is 0 Å². The topological polar surface area (TPSA) is 62.0 Å². The summed E-state index contributed by atoms with van der Waals surface area (Å²) >= 11 is 0. The van der Waals surface area contributed by atoms with Crippen LogP contribution >= 0.6 is 0 Å². The first-order valence-corrected chi connectivity index (χ1v) is 4.54. The summed E-state index contributed by atoms with van der Waals surface area (Å²) in [6, 6.07) is 0. The van der Waals surface area contributed by atoms with E-state index in [4.69, 9.17) is 0 Å². The molecule has 0 unspecified atom stereocenters. The van der Waals surface area contributed by atoms with Crippen molar-refractivity contribution >= 4 is 12.2 Å². The van der Waals surface area contributed by atoms with E-state index in [1.165, 1.54) is 0 Å². The van der Waals surface area contributed by atoms with Crippen LogP contribution in [0.5, 0.6) is 0 Å². The number of aromatic nitrogens is 1. The molecule has 1 aromatic heterocycles. The van der Waals surface area contributed by atoms with Gasteiger partial charge in [0, 0.05) is 12.2 Å². The van der Waals surface area contributed by atoms with Crippen LogP contribution in [0.25, 0.3) is 0 Å². The van der Waals surface area contributed by atoms with Gasteiger partial charge in [-0.3, -0.25) is 9.59 Å². The summed E-state index contributed by atoms with van der Waals surface area (Å²) in [5.74, 6) is -0.133. The van der Waals surface area contributed by atoms with E-state index in [9.17, 15) is 9.59 Å². The molecule has 0 saturated carbocycles. The van der Waals surface area contributed by atoms with Crippen molar-refractivity contribution in [2.75, 3.05) is 6.54 Å². The van der Waals surface area contributed by atoms with Gasteiger partial charge in [-0.15, -0.1) is 0 Å². The Morgan fingerprint density at radius 3 is 2.57 bits per heavy atom. The van der Waals surface area contributed by atoms with Crippen LogP contribution in [0.4, 0.5) is 0 Å². The minimum atomic E-state index is -0.133. The smallest absolute Gasteiger partial charge is 0.253 e. The highest BCUT2D eigenvalue weighted by Gasteiger charge is 2.16. The number of rotatable bonds is 3. The van der Waals surface area contributed by atoms with Crippen LogP contribution in [0.15, 0.2) is 0 Å². The first-order valence-electron chi connectivity index (χ1n) is 4.54. The highest BCUT2D eigenvalue weighted by Crippen LogP contribution is 2.15. The number of aryl methyl sites for hydroxylation is 1. The molecular weight excluding hydrogens is 180 g/mol. The fourth-order valence-corrected chi connectivity index (χ4v) is 1.48. The lowest BCUT2D eigenvalue weighted by Crippen LogP contribution is -2.23. The Bertz CT molecular complexity index is 366. The Balaban J connectivity index is 3.13. The molecule has 1 heterocycles. The maximum Gasteiger partial charge on any atom is 0.253 e. The number of carbonyl (C=O) groups is 2. The molecule has 0 radical (unpaired) electrons. The van der Waals surface area contributed by atoms with Crippen LogP contribution in [0.2, 0.25) is 0 Å². The fourth-order valence-electron chi connectivity index (χ4n) is 1.48. The molecule has 1 amide bonds. The third-order valence-corrected chi connectivity index (χ3v) is 2.16. The van der Waals surface area contributed by atoms with Crippen LogP contribution in [0.1, 0.15) is 39.0 Å². The number of nitrogens with one attached hydrogen (secondary N) is 2. The molecule has 1 rings (SSSR count). The summed E-state index contributed by atoms with van der Waals surface area (Å²) in [7, 11) is 0. The van der Waals surface area contributed by atoms with E-state index in [0.717, 1.165) is 12.0 Å². The average Bonchev–Trinajstić information content (AvgIpc) is 2.41. The Morgan fingerprint density at radius 1 is 1.50 bits per heavy atom. The standard InChI is InChI=1S/C10H14N2O2/c1-4-11-10(14)9-6(2)8(5-13)12-7(9)3/h5,12H,4H2,1-3H3,(H,11,14). The first kappa shape index (κ1) is 10.5. The second-order valence-corrected chi connectivity index (χ2v) is 3.14. The molecule has 14 heavy (non-hydrogen) atoms. The number of amides is 1. The zero-order valence-corrected chi connectivity index (χ0v) is 8.60. The van der Waals surface area contributed by atoms with E-state index in [1.807, 2.05) is 6.92 Å². The number of hydrogen-bond donors (Lipinski definition) is 2. The van der Waals surface area contributed by atoms with Gasteiger partial charge >= 0.3 is 0 Å². The monoisotopic (exact) mass is 194 g/mol. The highest BCUT2D eigenvalue weighted by molar-refractivity contribution is 5.99. The molecule has 0 aliphatic heterocycles. The lowest BCUT2D eigenvalue weighted by Gasteiger charge is -2.02. The number of aromatic amines is 1. The summed E-state index contributed by atoms with van der Waals surface area (Å²) in [6.45, 7) is 5.98. The van der Waals surface area contributed by atoms with Crippen molar-refractivity contribution in [3.63, 3.8) is 0 Å². The van der Waals surface area contributed by atoms with Crippen molar-refractivity contribution in [1.82, 2.24) is 10.3 Å². The van der Waals surface area contributed by atoms with Gasteiger partial charge in [-0.1, -0.05) is 0 Å². The minimum absolute atomic E-state index is 0.133. The van der Waals surface area contributed by atoms with Crippen LogP contribution in [0, 0.1) is 13.8 Å². The summed E-state index contributed by atoms with van der Waals surface area (Å²) in [4.78, 5) is 25.1. The van der Waals surface area contributed by atoms with E-state index in [-0.39, 0.29) is 5.91 Å². The Kier molecular flexibility index (Phi) is 3.06. The second-order valence-electron chi connectivity index (χ2n) is 3.14. The van der Waals surface area contributed by atoms with E-state index >= 15 is 0 Å². The third kappa shape index (κ3) is 1.69. The Morgan fingerprint density at radius 2 is 2.14 bits per heavy atom. The quantitative estimate of drug-likeness (QED) is 0.710. The van der Waals surface area contributed by atoms with Crippen molar-refractivity contribution < 1.29 is 9.59 Å². The maximum absolute atomic E-state index is 11.6. The molecule has 0 saturated heterocycles. The molecule has 4 nitrogen and oxygen atoms in total. The summed E-state index contributed by atoms with van der Waals surface area (Å²) < 4.78 is 0. The summed E-state index contributed by atoms with van der Waals surface area (Å²) in [5, 5.41) is 2.71. The molecule has 0 aromatic carbocycles. The van der Waals surface area contributed by atoms with Crippen LogP contribution in [0.3, 0.4) is 0 Å². The predicted molar refractivity (Wildman–Crippen MR) is 53.7 cm³/mol. The molecule has 76 valence electrons. The largest absolute Gasteiger partial charge is 0.356 e. The normalized spacial score (nSPS) is 9.93. The van der Waals surface area contributed by atoms with Gasteiger partial charge < -0.3 is 10.3 Å². The SMILES string of the molecule is CCNC(=O)c1c(C)[nH]c(C=O)c1C. The zero-order valence-electron chi connectivity index (χ0n) is 8.60. The van der Waals surface area contributed by atoms with Gasteiger partial charge in [0.1, 0.15) is 0 Å².